The number of hydrogen-bond donors (Lipinski definition) is 1. The normalized spacial score (nSPS) is 14.1. The smallest absolute Gasteiger partial charge is 0.127 e. The van der Waals surface area contributed by atoms with E-state index in [1.54, 1.807) is 0 Å². The monoisotopic (exact) mass is 531 g/mol. The van der Waals surface area contributed by atoms with Gasteiger partial charge in [0.25, 0.3) is 0 Å². The maximum atomic E-state index is 6.88. The van der Waals surface area contributed by atoms with E-state index in [0.717, 1.165) is 18.7 Å². The van der Waals surface area contributed by atoms with Gasteiger partial charge in [-0.15, -0.1) is 0 Å². The summed E-state index contributed by atoms with van der Waals surface area (Å²) in [5.41, 5.74) is 6.68. The molecule has 3 heteroatoms. The minimum Gasteiger partial charge on any atom is -0.488 e. The summed E-state index contributed by atoms with van der Waals surface area (Å²) in [6.07, 6.45) is 3.51. The molecule has 1 N–H and O–H groups in total. The molecule has 0 spiro atoms. The number of ether oxygens (including phenoxy) is 1. The van der Waals surface area contributed by atoms with Gasteiger partial charge in [0.1, 0.15) is 12.4 Å². The van der Waals surface area contributed by atoms with Gasteiger partial charge >= 0.3 is 0 Å². The zero-order valence-corrected chi connectivity index (χ0v) is 26.3. The van der Waals surface area contributed by atoms with E-state index in [0.29, 0.717) is 15.2 Å². The Labute approximate surface area is 234 Å². The Bertz CT molecular complexity index is 1170. The molecule has 0 saturated heterocycles. The molecule has 0 bridgehead atoms. The largest absolute Gasteiger partial charge is 0.488 e. The first-order valence-electron chi connectivity index (χ1n) is 14.3. The number of unbranched alkanes of at least 4 members (excludes halogenated alkanes) is 1. The predicted molar refractivity (Wildman–Crippen MR) is 169 cm³/mol. The van der Waals surface area contributed by atoms with E-state index in [1.807, 2.05) is 7.05 Å². The molecule has 38 heavy (non-hydrogen) atoms. The van der Waals surface area contributed by atoms with Crippen LogP contribution in [0.2, 0.25) is 0 Å². The van der Waals surface area contributed by atoms with Gasteiger partial charge in [-0.05, 0) is 46.3 Å². The third-order valence-electron chi connectivity index (χ3n) is 7.41. The van der Waals surface area contributed by atoms with E-state index in [2.05, 4.69) is 127 Å². The van der Waals surface area contributed by atoms with Crippen LogP contribution in [0.25, 0.3) is 0 Å². The van der Waals surface area contributed by atoms with Crippen molar-refractivity contribution in [2.75, 3.05) is 7.05 Å². The predicted octanol–water partition coefficient (Wildman–Crippen LogP) is 8.99. The lowest BCUT2D eigenvalue weighted by atomic mass is 9.76. The molecule has 2 atom stereocenters. The lowest BCUT2D eigenvalue weighted by Gasteiger charge is -2.37. The van der Waals surface area contributed by atoms with Crippen molar-refractivity contribution in [3.63, 3.8) is 0 Å². The lowest BCUT2D eigenvalue weighted by Crippen LogP contribution is -2.26. The summed E-state index contributed by atoms with van der Waals surface area (Å²) < 4.78 is 6.88. The van der Waals surface area contributed by atoms with Crippen LogP contribution in [-0.2, 0) is 29.1 Å². The highest BCUT2D eigenvalue weighted by molar-refractivity contribution is 7.48. The van der Waals surface area contributed by atoms with Gasteiger partial charge in [0.2, 0.25) is 0 Å². The minimum absolute atomic E-state index is 0.0346. The average Bonchev–Trinajstić information content (AvgIpc) is 2.86. The maximum absolute atomic E-state index is 6.88. The third kappa shape index (κ3) is 7.71. The zero-order valence-electron chi connectivity index (χ0n) is 25.3. The highest BCUT2D eigenvalue weighted by atomic mass is 31.1. The first-order chi connectivity index (χ1) is 17.9. The van der Waals surface area contributed by atoms with Gasteiger partial charge in [-0.25, -0.2) is 0 Å². The van der Waals surface area contributed by atoms with Crippen LogP contribution in [0.15, 0.2) is 66.7 Å². The molecule has 2 unspecified atom stereocenters. The lowest BCUT2D eigenvalue weighted by molar-refractivity contribution is 0.290. The average molecular weight is 532 g/mol. The summed E-state index contributed by atoms with van der Waals surface area (Å²) in [5.74, 6) is 1.09. The molecular formula is C35H50NOP. The first kappa shape index (κ1) is 30.4. The van der Waals surface area contributed by atoms with Crippen LogP contribution >= 0.6 is 8.58 Å². The van der Waals surface area contributed by atoms with Crippen molar-refractivity contribution in [3.05, 3.63) is 94.5 Å². The van der Waals surface area contributed by atoms with E-state index in [9.17, 15) is 0 Å². The van der Waals surface area contributed by atoms with Crippen LogP contribution in [0.5, 0.6) is 5.75 Å². The second kappa shape index (κ2) is 12.8. The minimum atomic E-state index is -0.0408. The van der Waals surface area contributed by atoms with Crippen molar-refractivity contribution in [1.82, 2.24) is 5.32 Å². The Hall–Kier alpha value is -2.15. The molecule has 2 nitrogen and oxygen atoms in total. The molecule has 0 saturated carbocycles. The zero-order chi connectivity index (χ0) is 28.0. The molecule has 0 radical (unpaired) electrons. The molecular weight excluding hydrogens is 481 g/mol. The van der Waals surface area contributed by atoms with Crippen LogP contribution in [0.4, 0.5) is 0 Å². The van der Waals surface area contributed by atoms with Crippen molar-refractivity contribution >= 4 is 13.9 Å². The van der Waals surface area contributed by atoms with Crippen LogP contribution in [0.3, 0.4) is 0 Å². The molecule has 0 amide bonds. The molecule has 3 rings (SSSR count). The van der Waals surface area contributed by atoms with Gasteiger partial charge in [0.15, 0.2) is 0 Å². The van der Waals surface area contributed by atoms with E-state index in [4.69, 9.17) is 4.74 Å². The molecule has 3 aromatic rings. The Morgan fingerprint density at radius 3 is 2.03 bits per heavy atom. The fraction of sp³-hybridized carbons (Fsp3) is 0.486. The van der Waals surface area contributed by atoms with Crippen molar-refractivity contribution < 1.29 is 4.74 Å². The van der Waals surface area contributed by atoms with Crippen molar-refractivity contribution in [2.45, 2.75) is 104 Å². The Morgan fingerprint density at radius 1 is 0.789 bits per heavy atom. The van der Waals surface area contributed by atoms with E-state index in [1.165, 1.54) is 46.0 Å². The molecule has 0 fully saturated rings. The Morgan fingerprint density at radius 2 is 1.42 bits per heavy atom. The standard InChI is InChI=1S/C35H50NOP/c1-10-11-21-35(8,38-31-20-16-15-19-27(31)24-36-9)30-23-28(33(2,3)4)22-29(34(5,6)7)32(30)37-25-26-17-13-12-14-18-26/h12-20,22-23,36,38H,10-11,21,24-25H2,1-9H3. The fourth-order valence-electron chi connectivity index (χ4n) is 4.99. The van der Waals surface area contributed by atoms with E-state index >= 15 is 0 Å². The second-order valence-electron chi connectivity index (χ2n) is 12.9. The summed E-state index contributed by atoms with van der Waals surface area (Å²) in [5, 5.41) is 4.80. The Balaban J connectivity index is 2.26. The third-order valence-corrected chi connectivity index (χ3v) is 9.24. The van der Waals surface area contributed by atoms with Gasteiger partial charge < -0.3 is 10.1 Å². The molecule has 0 heterocycles. The molecule has 0 aromatic heterocycles. The van der Waals surface area contributed by atoms with Crippen molar-refractivity contribution in [3.8, 4) is 5.75 Å². The van der Waals surface area contributed by atoms with Gasteiger partial charge in [0, 0.05) is 22.8 Å². The second-order valence-corrected chi connectivity index (χ2v) is 14.8. The number of rotatable bonds is 11. The highest BCUT2D eigenvalue weighted by Gasteiger charge is 2.35. The van der Waals surface area contributed by atoms with Crippen molar-refractivity contribution in [2.24, 2.45) is 0 Å². The summed E-state index contributed by atoms with van der Waals surface area (Å²) in [7, 11) is 2.69. The summed E-state index contributed by atoms with van der Waals surface area (Å²) in [6.45, 7) is 20.2. The fourth-order valence-corrected chi connectivity index (χ4v) is 6.72. The molecule has 0 aliphatic heterocycles. The van der Waals surface area contributed by atoms with Gasteiger partial charge in [-0.2, -0.15) is 0 Å². The summed E-state index contributed by atoms with van der Waals surface area (Å²) in [6, 6.07) is 24.4. The summed E-state index contributed by atoms with van der Waals surface area (Å²) >= 11 is 0. The highest BCUT2D eigenvalue weighted by Crippen LogP contribution is 2.52. The maximum Gasteiger partial charge on any atom is 0.127 e. The molecule has 3 aromatic carbocycles. The number of nitrogens with one attached hydrogen (secondary N) is 1. The van der Waals surface area contributed by atoms with E-state index in [-0.39, 0.29) is 16.0 Å². The van der Waals surface area contributed by atoms with Gasteiger partial charge in [0.05, 0.1) is 0 Å². The SMILES string of the molecule is CCCCC(C)(Pc1ccccc1CNC)c1cc(C(C)(C)C)cc(C(C)(C)C)c1OCc1ccccc1. The van der Waals surface area contributed by atoms with Crippen LogP contribution < -0.4 is 15.4 Å². The molecule has 0 aliphatic carbocycles. The van der Waals surface area contributed by atoms with Crippen molar-refractivity contribution in [1.29, 1.82) is 0 Å². The number of hydrogen-bond acceptors (Lipinski definition) is 2. The van der Waals surface area contributed by atoms with Crippen LogP contribution in [-0.4, -0.2) is 7.05 Å². The Kier molecular flexibility index (Phi) is 10.2. The molecule has 206 valence electrons. The number of benzene rings is 3. The summed E-state index contributed by atoms with van der Waals surface area (Å²) in [4.78, 5) is 0. The van der Waals surface area contributed by atoms with Gasteiger partial charge in [-0.3, -0.25) is 0 Å². The van der Waals surface area contributed by atoms with Gasteiger partial charge in [-0.1, -0.05) is 144 Å². The van der Waals surface area contributed by atoms with Crippen LogP contribution in [0, 0.1) is 0 Å². The first-order valence-corrected chi connectivity index (χ1v) is 15.3. The molecule has 0 aliphatic rings. The van der Waals surface area contributed by atoms with E-state index < -0.39 is 0 Å². The van der Waals surface area contributed by atoms with Crippen LogP contribution in [0.1, 0.15) is 102 Å². The quantitative estimate of drug-likeness (QED) is 0.249. The topological polar surface area (TPSA) is 21.3 Å².